The number of quaternary nitrogens is 1. The van der Waals surface area contributed by atoms with E-state index in [2.05, 4.69) is 54.7 Å². The third kappa shape index (κ3) is 4.67. The van der Waals surface area contributed by atoms with Crippen LogP contribution in [0.4, 0.5) is 5.82 Å². The summed E-state index contributed by atoms with van der Waals surface area (Å²) in [7, 11) is 1.70. The van der Waals surface area contributed by atoms with Crippen molar-refractivity contribution < 1.29 is 4.74 Å². The van der Waals surface area contributed by atoms with Gasteiger partial charge >= 0.3 is 0 Å². The predicted molar refractivity (Wildman–Crippen MR) is 128 cm³/mol. The maximum atomic E-state index is 5.31. The van der Waals surface area contributed by atoms with Crippen LogP contribution in [-0.4, -0.2) is 44.8 Å². The molecule has 1 aromatic heterocycles. The van der Waals surface area contributed by atoms with Gasteiger partial charge in [0.15, 0.2) is 0 Å². The van der Waals surface area contributed by atoms with Gasteiger partial charge in [0.2, 0.25) is 5.82 Å². The number of nitrogens with one attached hydrogen (secondary N) is 1. The molecular weight excluding hydrogens is 405 g/mol. The van der Waals surface area contributed by atoms with E-state index >= 15 is 0 Å². The van der Waals surface area contributed by atoms with E-state index in [9.17, 15) is 0 Å². The predicted octanol–water partition coefficient (Wildman–Crippen LogP) is 5.07. The number of rotatable bonds is 5. The second-order valence-corrected chi connectivity index (χ2v) is 7.35. The second-order valence-electron chi connectivity index (χ2n) is 7.35. The number of pyridine rings is 1. The highest BCUT2D eigenvalue weighted by Crippen LogP contribution is 2.34. The lowest BCUT2D eigenvalue weighted by atomic mass is 10.0. The van der Waals surface area contributed by atoms with Gasteiger partial charge in [-0.05, 0) is 48.2 Å². The molecule has 2 aromatic carbocycles. The Morgan fingerprint density at radius 3 is 2.34 bits per heavy atom. The number of hydrogen-bond donors (Lipinski definition) is 1. The van der Waals surface area contributed by atoms with Gasteiger partial charge in [-0.2, -0.15) is 4.98 Å². The first-order valence-corrected chi connectivity index (χ1v) is 9.87. The maximum Gasteiger partial charge on any atom is 0.236 e. The van der Waals surface area contributed by atoms with Gasteiger partial charge < -0.3 is 10.1 Å². The summed E-state index contributed by atoms with van der Waals surface area (Å²) in [5, 5.41) is 6.06. The first kappa shape index (κ1) is 23.4. The molecule has 0 radical (unpaired) electrons. The number of benzene rings is 2. The van der Waals surface area contributed by atoms with Gasteiger partial charge in [-0.3, -0.25) is 4.48 Å². The van der Waals surface area contributed by atoms with E-state index in [1.165, 1.54) is 16.6 Å². The van der Waals surface area contributed by atoms with Crippen molar-refractivity contribution in [1.29, 1.82) is 0 Å². The first-order valence-electron chi connectivity index (χ1n) is 9.87. The fourth-order valence-corrected chi connectivity index (χ4v) is 4.24. The zero-order valence-electron chi connectivity index (χ0n) is 17.1. The van der Waals surface area contributed by atoms with Crippen molar-refractivity contribution in [2.45, 2.75) is 13.3 Å². The van der Waals surface area contributed by atoms with Gasteiger partial charge in [-0.25, -0.2) is 0 Å². The lowest BCUT2D eigenvalue weighted by molar-refractivity contribution is 0.237. The van der Waals surface area contributed by atoms with Crippen LogP contribution in [0.1, 0.15) is 13.3 Å². The quantitative estimate of drug-likeness (QED) is 0.568. The number of fused-ring (bicyclic) bond motifs is 1. The van der Waals surface area contributed by atoms with Crippen molar-refractivity contribution in [1.82, 2.24) is 14.8 Å². The van der Waals surface area contributed by atoms with E-state index in [0.717, 1.165) is 60.6 Å². The summed E-state index contributed by atoms with van der Waals surface area (Å²) >= 11 is 0. The Labute approximate surface area is 185 Å². The number of ether oxygens (including phenoxy) is 1. The van der Waals surface area contributed by atoms with Crippen LogP contribution in [0.5, 0.6) is 5.75 Å². The van der Waals surface area contributed by atoms with Crippen molar-refractivity contribution in [3.05, 3.63) is 54.6 Å². The molecule has 0 saturated carbocycles. The molecule has 4 nitrogen and oxygen atoms in total. The third-order valence-corrected chi connectivity index (χ3v) is 5.64. The Bertz CT molecular complexity index is 920. The van der Waals surface area contributed by atoms with Crippen LogP contribution in [0.25, 0.3) is 22.0 Å². The minimum atomic E-state index is 0. The van der Waals surface area contributed by atoms with Gasteiger partial charge in [0.05, 0.1) is 37.8 Å². The molecule has 0 atom stereocenters. The van der Waals surface area contributed by atoms with E-state index in [-0.39, 0.29) is 24.8 Å². The van der Waals surface area contributed by atoms with Crippen molar-refractivity contribution >= 4 is 41.4 Å². The summed E-state index contributed by atoms with van der Waals surface area (Å²) in [5.41, 5.74) is 2.17. The van der Waals surface area contributed by atoms with Crippen LogP contribution >= 0.6 is 24.8 Å². The second kappa shape index (κ2) is 10.3. The Kier molecular flexibility index (Phi) is 8.29. The number of methoxy groups -OCH3 is 1. The van der Waals surface area contributed by atoms with Crippen molar-refractivity contribution in [3.8, 4) is 17.0 Å². The topological polar surface area (TPSA) is 34.1 Å². The summed E-state index contributed by atoms with van der Waals surface area (Å²) in [6, 6.07) is 19.1. The molecule has 1 aliphatic heterocycles. The lowest BCUT2D eigenvalue weighted by Gasteiger charge is -2.40. The Morgan fingerprint density at radius 2 is 1.69 bits per heavy atom. The fraction of sp³-hybridized carbons (Fsp3) is 0.348. The van der Waals surface area contributed by atoms with Crippen molar-refractivity contribution in [3.63, 3.8) is 0 Å². The molecular formula is C23H30Cl2N3O+. The molecule has 1 N–H and O–H groups in total. The molecule has 6 heteroatoms. The molecule has 4 rings (SSSR count). The van der Waals surface area contributed by atoms with E-state index in [1.54, 1.807) is 7.11 Å². The monoisotopic (exact) mass is 434 g/mol. The molecule has 0 spiro atoms. The highest BCUT2D eigenvalue weighted by molar-refractivity contribution is 5.94. The average molecular weight is 435 g/mol. The third-order valence-electron chi connectivity index (χ3n) is 5.64. The van der Waals surface area contributed by atoms with E-state index in [0.29, 0.717) is 0 Å². The van der Waals surface area contributed by atoms with Gasteiger partial charge in [-0.1, -0.05) is 25.1 Å². The van der Waals surface area contributed by atoms with Crippen LogP contribution < -0.4 is 14.5 Å². The molecule has 1 fully saturated rings. The van der Waals surface area contributed by atoms with Gasteiger partial charge in [0, 0.05) is 18.7 Å². The highest BCUT2D eigenvalue weighted by atomic mass is 35.5. The van der Waals surface area contributed by atoms with Gasteiger partial charge in [0.25, 0.3) is 0 Å². The first-order chi connectivity index (χ1) is 13.3. The molecule has 0 unspecified atom stereocenters. The molecule has 0 aliphatic carbocycles. The van der Waals surface area contributed by atoms with Crippen molar-refractivity contribution in [2.75, 3.05) is 39.8 Å². The number of aromatic nitrogens is 1. The molecule has 1 saturated heterocycles. The normalized spacial score (nSPS) is 15.2. The largest absolute Gasteiger partial charge is 0.497 e. The Balaban J connectivity index is 0.00000150. The molecule has 156 valence electrons. The summed E-state index contributed by atoms with van der Waals surface area (Å²) in [5.74, 6) is 2.10. The summed E-state index contributed by atoms with van der Waals surface area (Å²) in [6.45, 7) is 7.68. The smallest absolute Gasteiger partial charge is 0.236 e. The van der Waals surface area contributed by atoms with E-state index < -0.39 is 0 Å². The molecule has 0 bridgehead atoms. The minimum absolute atomic E-state index is 0. The summed E-state index contributed by atoms with van der Waals surface area (Å²) < 4.78 is 6.28. The van der Waals surface area contributed by atoms with Gasteiger partial charge in [0.1, 0.15) is 5.75 Å². The van der Waals surface area contributed by atoms with Gasteiger partial charge in [-0.15, -0.1) is 24.8 Å². The average Bonchev–Trinajstić information content (AvgIpc) is 2.74. The van der Waals surface area contributed by atoms with E-state index in [1.807, 2.05) is 12.1 Å². The standard InChI is InChI=1S/C23H28N3O.2ClH/c1-3-14-26(15-12-24-13-16-26)23-21-7-5-4-6-19(21)17-22(25-23)18-8-10-20(27-2)11-9-18;;/h4-11,17,24H,3,12-16H2,1-2H3;2*1H/q+1;;. The number of nitrogens with zero attached hydrogens (tertiary/aromatic N) is 2. The van der Waals surface area contributed by atoms with Crippen LogP contribution in [0.3, 0.4) is 0 Å². The summed E-state index contributed by atoms with van der Waals surface area (Å²) in [6.07, 6.45) is 1.16. The van der Waals surface area contributed by atoms with E-state index in [4.69, 9.17) is 9.72 Å². The lowest BCUT2D eigenvalue weighted by Crippen LogP contribution is -2.60. The van der Waals surface area contributed by atoms with Crippen LogP contribution in [-0.2, 0) is 0 Å². The number of hydrogen-bond acceptors (Lipinski definition) is 3. The SMILES string of the molecule is CCC[N+]1(c2nc(-c3ccc(OC)cc3)cc3ccccc23)CCNCC1.Cl.Cl. The van der Waals surface area contributed by atoms with Crippen molar-refractivity contribution in [2.24, 2.45) is 0 Å². The number of halogens is 2. The zero-order valence-corrected chi connectivity index (χ0v) is 18.7. The minimum Gasteiger partial charge on any atom is -0.497 e. The Morgan fingerprint density at radius 1 is 1.00 bits per heavy atom. The maximum absolute atomic E-state index is 5.31. The van der Waals surface area contributed by atoms with Crippen LogP contribution in [0, 0.1) is 0 Å². The fourth-order valence-electron chi connectivity index (χ4n) is 4.24. The van der Waals surface area contributed by atoms with Crippen LogP contribution in [0.2, 0.25) is 0 Å². The highest BCUT2D eigenvalue weighted by Gasteiger charge is 2.35. The molecule has 29 heavy (non-hydrogen) atoms. The Hall–Kier alpha value is -1.85. The summed E-state index contributed by atoms with van der Waals surface area (Å²) in [4.78, 5) is 5.24. The number of piperazine rings is 1. The molecule has 1 aliphatic rings. The van der Waals surface area contributed by atoms with Crippen LogP contribution in [0.15, 0.2) is 54.6 Å². The molecule has 2 heterocycles. The molecule has 3 aromatic rings. The zero-order chi connectivity index (χ0) is 18.7. The molecule has 0 amide bonds.